The third-order valence-corrected chi connectivity index (χ3v) is 7.13. The number of nitrogens with one attached hydrogen (secondary N) is 2. The van der Waals surface area contributed by atoms with E-state index in [0.29, 0.717) is 28.6 Å². The van der Waals surface area contributed by atoms with Gasteiger partial charge in [-0.05, 0) is 73.9 Å². The largest absolute Gasteiger partial charge is 0.573 e. The summed E-state index contributed by atoms with van der Waals surface area (Å²) in [6.45, 7) is 7.96. The van der Waals surface area contributed by atoms with E-state index in [1.165, 1.54) is 37.3 Å². The number of imidazole rings is 1. The molecular formula is C27H30ClF3N4O4. The zero-order chi connectivity index (χ0) is 28.7. The van der Waals surface area contributed by atoms with Crippen molar-refractivity contribution in [3.63, 3.8) is 0 Å². The predicted molar refractivity (Wildman–Crippen MR) is 142 cm³/mol. The summed E-state index contributed by atoms with van der Waals surface area (Å²) >= 11 is 6.52. The van der Waals surface area contributed by atoms with Crippen LogP contribution in [0.15, 0.2) is 36.4 Å². The molecule has 1 aromatic heterocycles. The van der Waals surface area contributed by atoms with Gasteiger partial charge in [-0.2, -0.15) is 0 Å². The standard InChI is InChI=1S/C27H30ClF3N4O4/c1-14-9-17(13-26(3,4)12-14)35-22-11-20(28)19(23(36)32-15(2)24(37)38)10-21(22)34-25(35)33-16-5-7-18(8-6-16)39-27(29,30)31/h5-8,10-11,14-15,17H,9,12-13H2,1-4H3,(H,32,36)(H,33,34)(H,37,38)/t14-,15?,17+/m0/s1. The van der Waals surface area contributed by atoms with Gasteiger partial charge in [-0.15, -0.1) is 13.2 Å². The molecule has 4 rings (SSSR count). The Balaban J connectivity index is 1.76. The second-order valence-electron chi connectivity index (χ2n) is 10.9. The van der Waals surface area contributed by atoms with Gasteiger partial charge in [0.05, 0.1) is 21.6 Å². The molecule has 0 aliphatic heterocycles. The molecular weight excluding hydrogens is 537 g/mol. The van der Waals surface area contributed by atoms with Crippen LogP contribution in [0.25, 0.3) is 11.0 Å². The van der Waals surface area contributed by atoms with E-state index in [2.05, 4.69) is 36.1 Å². The van der Waals surface area contributed by atoms with Crippen LogP contribution < -0.4 is 15.4 Å². The maximum Gasteiger partial charge on any atom is 0.573 e. The number of carbonyl (C=O) groups is 2. The zero-order valence-corrected chi connectivity index (χ0v) is 22.7. The van der Waals surface area contributed by atoms with Crippen LogP contribution in [0.1, 0.15) is 63.4 Å². The Bertz CT molecular complexity index is 1390. The fraction of sp³-hybridized carbons (Fsp3) is 0.444. The summed E-state index contributed by atoms with van der Waals surface area (Å²) in [4.78, 5) is 28.7. The number of nitrogens with zero attached hydrogens (tertiary/aromatic N) is 2. The molecule has 3 aromatic rings. The van der Waals surface area contributed by atoms with Crippen LogP contribution in [-0.2, 0) is 4.79 Å². The molecule has 1 fully saturated rings. The number of anilines is 2. The molecule has 3 atom stereocenters. The number of alkyl halides is 3. The number of rotatable bonds is 7. The van der Waals surface area contributed by atoms with Gasteiger partial charge in [0.2, 0.25) is 5.95 Å². The summed E-state index contributed by atoms with van der Waals surface area (Å²) in [6.07, 6.45) is -2.00. The van der Waals surface area contributed by atoms with Crippen molar-refractivity contribution in [2.75, 3.05) is 5.32 Å². The molecule has 1 saturated carbocycles. The van der Waals surface area contributed by atoms with Gasteiger partial charge in [0, 0.05) is 11.7 Å². The van der Waals surface area contributed by atoms with Gasteiger partial charge in [0.15, 0.2) is 0 Å². The lowest BCUT2D eigenvalue weighted by Crippen LogP contribution is -2.38. The molecule has 1 amide bonds. The lowest BCUT2D eigenvalue weighted by atomic mass is 9.70. The van der Waals surface area contributed by atoms with E-state index in [1.54, 1.807) is 6.07 Å². The predicted octanol–water partition coefficient (Wildman–Crippen LogP) is 6.92. The number of aromatic nitrogens is 2. The summed E-state index contributed by atoms with van der Waals surface area (Å²) < 4.78 is 43.7. The first kappa shape index (κ1) is 28.5. The first-order chi connectivity index (χ1) is 18.1. The first-order valence-electron chi connectivity index (χ1n) is 12.5. The SMILES string of the molecule is CC(NC(=O)c1cc2nc(Nc3ccc(OC(F)(F)F)cc3)n([C@@H]3C[C@H](C)CC(C)(C)C3)c2cc1Cl)C(=O)O. The van der Waals surface area contributed by atoms with E-state index in [4.69, 9.17) is 21.7 Å². The van der Waals surface area contributed by atoms with E-state index in [0.717, 1.165) is 19.3 Å². The van der Waals surface area contributed by atoms with Crippen LogP contribution in [0.3, 0.4) is 0 Å². The van der Waals surface area contributed by atoms with Crippen LogP contribution in [-0.4, -0.2) is 38.9 Å². The number of hydrogen-bond acceptors (Lipinski definition) is 5. The third kappa shape index (κ3) is 6.76. The molecule has 1 aliphatic carbocycles. The van der Waals surface area contributed by atoms with Gasteiger partial charge in [-0.3, -0.25) is 9.59 Å². The van der Waals surface area contributed by atoms with E-state index in [9.17, 15) is 22.8 Å². The second kappa shape index (κ2) is 10.6. The van der Waals surface area contributed by atoms with Gasteiger partial charge < -0.3 is 25.0 Å². The summed E-state index contributed by atoms with van der Waals surface area (Å²) in [5, 5.41) is 14.9. The van der Waals surface area contributed by atoms with E-state index >= 15 is 0 Å². The van der Waals surface area contributed by atoms with Crippen LogP contribution >= 0.6 is 11.6 Å². The molecule has 3 N–H and O–H groups in total. The number of fused-ring (bicyclic) bond motifs is 1. The van der Waals surface area contributed by atoms with Gasteiger partial charge >= 0.3 is 12.3 Å². The van der Waals surface area contributed by atoms with Crippen molar-refractivity contribution in [1.29, 1.82) is 0 Å². The number of carboxylic acid groups (broad SMARTS) is 1. The van der Waals surface area contributed by atoms with Crippen molar-refractivity contribution in [2.45, 2.75) is 65.4 Å². The van der Waals surface area contributed by atoms with Crippen molar-refractivity contribution < 1.29 is 32.6 Å². The van der Waals surface area contributed by atoms with Crippen LogP contribution in [0.4, 0.5) is 24.8 Å². The molecule has 12 heteroatoms. The molecule has 39 heavy (non-hydrogen) atoms. The Hall–Kier alpha value is -3.47. The van der Waals surface area contributed by atoms with Crippen molar-refractivity contribution in [1.82, 2.24) is 14.9 Å². The molecule has 2 aromatic carbocycles. The lowest BCUT2D eigenvalue weighted by molar-refractivity contribution is -0.274. The number of amides is 1. The molecule has 1 aliphatic rings. The minimum atomic E-state index is -4.79. The fourth-order valence-electron chi connectivity index (χ4n) is 5.45. The topological polar surface area (TPSA) is 105 Å². The smallest absolute Gasteiger partial charge is 0.480 e. The van der Waals surface area contributed by atoms with Gasteiger partial charge in [-0.1, -0.05) is 32.4 Å². The summed E-state index contributed by atoms with van der Waals surface area (Å²) in [5.41, 5.74) is 1.77. The minimum absolute atomic E-state index is 0.0341. The van der Waals surface area contributed by atoms with Crippen molar-refractivity contribution >= 4 is 46.1 Å². The molecule has 1 heterocycles. The molecule has 1 unspecified atom stereocenters. The highest BCUT2D eigenvalue weighted by molar-refractivity contribution is 6.34. The molecule has 8 nitrogen and oxygen atoms in total. The van der Waals surface area contributed by atoms with Crippen LogP contribution in [0.5, 0.6) is 5.75 Å². The van der Waals surface area contributed by atoms with Crippen LogP contribution in [0, 0.1) is 11.3 Å². The molecule has 0 spiro atoms. The number of aliphatic carboxylic acids is 1. The molecule has 0 saturated heterocycles. The Morgan fingerprint density at radius 3 is 2.46 bits per heavy atom. The number of carboxylic acids is 1. The van der Waals surface area contributed by atoms with Gasteiger partial charge in [0.25, 0.3) is 5.91 Å². The highest BCUT2D eigenvalue weighted by Gasteiger charge is 2.35. The summed E-state index contributed by atoms with van der Waals surface area (Å²) in [5.74, 6) is -1.30. The Morgan fingerprint density at radius 2 is 1.87 bits per heavy atom. The zero-order valence-electron chi connectivity index (χ0n) is 21.9. The first-order valence-corrected chi connectivity index (χ1v) is 12.9. The monoisotopic (exact) mass is 566 g/mol. The summed E-state index contributed by atoms with van der Waals surface area (Å²) in [7, 11) is 0. The van der Waals surface area contributed by atoms with Crippen molar-refractivity contribution in [2.24, 2.45) is 11.3 Å². The third-order valence-electron chi connectivity index (χ3n) is 6.81. The Kier molecular flexibility index (Phi) is 7.75. The Morgan fingerprint density at radius 1 is 1.21 bits per heavy atom. The second-order valence-corrected chi connectivity index (χ2v) is 11.3. The maximum absolute atomic E-state index is 12.8. The normalized spacial score (nSPS) is 19.9. The maximum atomic E-state index is 12.8. The number of halogens is 4. The minimum Gasteiger partial charge on any atom is -0.480 e. The molecule has 0 bridgehead atoms. The number of carbonyl (C=O) groups excluding carboxylic acids is 1. The van der Waals surface area contributed by atoms with Gasteiger partial charge in [0.1, 0.15) is 11.8 Å². The highest BCUT2D eigenvalue weighted by Crippen LogP contribution is 2.46. The summed E-state index contributed by atoms with van der Waals surface area (Å²) in [6, 6.07) is 7.40. The van der Waals surface area contributed by atoms with Crippen molar-refractivity contribution in [3.05, 3.63) is 47.0 Å². The molecule has 0 radical (unpaired) electrons. The highest BCUT2D eigenvalue weighted by atomic mass is 35.5. The lowest BCUT2D eigenvalue weighted by Gasteiger charge is -2.40. The number of ether oxygens (including phenoxy) is 1. The Labute approximate surface area is 228 Å². The van der Waals surface area contributed by atoms with Crippen molar-refractivity contribution in [3.8, 4) is 5.75 Å². The number of benzene rings is 2. The quantitative estimate of drug-likeness (QED) is 0.287. The van der Waals surface area contributed by atoms with E-state index in [-0.39, 0.29) is 27.8 Å². The number of hydrogen-bond donors (Lipinski definition) is 3. The van der Waals surface area contributed by atoms with E-state index < -0.39 is 24.3 Å². The fourth-order valence-corrected chi connectivity index (χ4v) is 5.69. The van der Waals surface area contributed by atoms with Crippen LogP contribution in [0.2, 0.25) is 5.02 Å². The average Bonchev–Trinajstić information content (AvgIpc) is 3.13. The van der Waals surface area contributed by atoms with Gasteiger partial charge in [-0.25, -0.2) is 4.98 Å². The molecule has 210 valence electrons. The average molecular weight is 567 g/mol. The van der Waals surface area contributed by atoms with E-state index in [1.807, 2.05) is 4.57 Å².